The Balaban J connectivity index is 1.37. The highest BCUT2D eigenvalue weighted by Gasteiger charge is 2.62. The van der Waals surface area contributed by atoms with Crippen LogP contribution < -0.4 is 0 Å². The summed E-state index contributed by atoms with van der Waals surface area (Å²) in [4.78, 5) is 16.0. The zero-order valence-electron chi connectivity index (χ0n) is 20.8. The molecule has 0 unspecified atom stereocenters. The first-order valence-corrected chi connectivity index (χ1v) is 13.6. The summed E-state index contributed by atoms with van der Waals surface area (Å²) in [7, 11) is 2.36. The fourth-order valence-corrected chi connectivity index (χ4v) is 10.3. The van der Waals surface area contributed by atoms with Gasteiger partial charge in [-0.15, -0.1) is 0 Å². The molecule has 3 nitrogen and oxygen atoms in total. The molecule has 5 aliphatic rings. The zero-order valence-corrected chi connectivity index (χ0v) is 20.8. The van der Waals surface area contributed by atoms with Gasteiger partial charge in [0.2, 0.25) is 0 Å². The number of aliphatic hydroxyl groups excluding tert-OH is 1. The number of carbonyl (C=O) groups is 1. The van der Waals surface area contributed by atoms with Crippen molar-refractivity contribution in [2.45, 2.75) is 104 Å². The van der Waals surface area contributed by atoms with Crippen LogP contribution in [0.4, 0.5) is 0 Å². The summed E-state index contributed by atoms with van der Waals surface area (Å²) in [6, 6.07) is 0.740. The van der Waals surface area contributed by atoms with E-state index in [-0.39, 0.29) is 17.4 Å². The van der Waals surface area contributed by atoms with E-state index in [0.29, 0.717) is 23.0 Å². The molecular weight excluding hydrogens is 382 g/mol. The monoisotopic (exact) mass is 429 g/mol. The molecule has 0 aromatic heterocycles. The Morgan fingerprint density at radius 2 is 1.71 bits per heavy atom. The van der Waals surface area contributed by atoms with Gasteiger partial charge < -0.3 is 10.0 Å². The lowest BCUT2D eigenvalue weighted by molar-refractivity contribution is -0.160. The number of hydrogen-bond donors (Lipinski definition) is 1. The minimum atomic E-state index is -0.251. The lowest BCUT2D eigenvalue weighted by Crippen LogP contribution is -2.57. The van der Waals surface area contributed by atoms with Crippen LogP contribution in [0.2, 0.25) is 0 Å². The van der Waals surface area contributed by atoms with Crippen molar-refractivity contribution in [3.05, 3.63) is 0 Å². The molecule has 0 amide bonds. The van der Waals surface area contributed by atoms with Crippen LogP contribution in [0.15, 0.2) is 0 Å². The summed E-state index contributed by atoms with van der Waals surface area (Å²) < 4.78 is 0. The summed E-state index contributed by atoms with van der Waals surface area (Å²) in [5.74, 6) is 5.06. The molecular formula is C28H47NO2. The van der Waals surface area contributed by atoms with Crippen LogP contribution in [-0.2, 0) is 4.79 Å². The molecule has 0 aromatic rings. The quantitative estimate of drug-likeness (QED) is 0.625. The van der Waals surface area contributed by atoms with Crippen LogP contribution in [0.5, 0.6) is 0 Å². The number of aliphatic hydroxyl groups is 1. The third-order valence-electron chi connectivity index (χ3n) is 11.9. The summed E-state index contributed by atoms with van der Waals surface area (Å²) >= 11 is 0. The standard InChI is InChI=1S/C28H47NO2/c1-17-6-9-25(29(5)16-17)18(2)21-7-8-22-20-15-26(31)24-14-19(30)10-12-28(24,4)23(20)11-13-27(21,22)3/h17-25,30H,6-16H2,1-5H3/t17-,18+,19+,20+,21-,22+,23+,24+,25+,27-,28-/m1/s1. The van der Waals surface area contributed by atoms with Crippen molar-refractivity contribution in [1.29, 1.82) is 0 Å². The van der Waals surface area contributed by atoms with Crippen LogP contribution >= 0.6 is 0 Å². The molecule has 0 aromatic carbocycles. The maximum absolute atomic E-state index is 13.3. The molecule has 4 aliphatic carbocycles. The predicted octanol–water partition coefficient (Wildman–Crippen LogP) is 5.55. The predicted molar refractivity (Wildman–Crippen MR) is 126 cm³/mol. The number of fused-ring (bicyclic) bond motifs is 5. The smallest absolute Gasteiger partial charge is 0.136 e. The Hall–Kier alpha value is -0.410. The van der Waals surface area contributed by atoms with Gasteiger partial charge in [-0.2, -0.15) is 0 Å². The molecule has 5 rings (SSSR count). The maximum Gasteiger partial charge on any atom is 0.136 e. The number of rotatable bonds is 2. The van der Waals surface area contributed by atoms with Gasteiger partial charge in [-0.3, -0.25) is 4.79 Å². The first-order valence-electron chi connectivity index (χ1n) is 13.6. The molecule has 1 saturated heterocycles. The molecule has 1 heterocycles. The minimum Gasteiger partial charge on any atom is -0.393 e. The van der Waals surface area contributed by atoms with Crippen molar-refractivity contribution in [2.24, 2.45) is 52.3 Å². The van der Waals surface area contributed by atoms with Gasteiger partial charge in [0.15, 0.2) is 0 Å². The van der Waals surface area contributed by atoms with Crippen molar-refractivity contribution in [1.82, 2.24) is 4.90 Å². The number of Topliss-reactive ketones (excluding diaryl/α,β-unsaturated/α-hetero) is 1. The zero-order chi connectivity index (χ0) is 22.1. The third-order valence-corrected chi connectivity index (χ3v) is 11.9. The van der Waals surface area contributed by atoms with Crippen molar-refractivity contribution in [2.75, 3.05) is 13.6 Å². The molecule has 176 valence electrons. The second-order valence-corrected chi connectivity index (χ2v) is 13.3. The molecule has 3 heteroatoms. The SMILES string of the molecule is C[C@@H]1CC[C@@H]([C@@H](C)[C@H]2CC[C@H]3[C@@H]4CC(=O)[C@@H]5C[C@@H](O)CC[C@]5(C)[C@H]4CC[C@]23C)N(C)C1. The summed E-state index contributed by atoms with van der Waals surface area (Å²) in [5.41, 5.74) is 0.562. The molecule has 11 atom stereocenters. The average molecular weight is 430 g/mol. The summed E-state index contributed by atoms with van der Waals surface area (Å²) in [6.07, 6.45) is 11.4. The van der Waals surface area contributed by atoms with E-state index >= 15 is 0 Å². The Morgan fingerprint density at radius 1 is 1.00 bits per heavy atom. The normalized spacial score (nSPS) is 54.1. The van der Waals surface area contributed by atoms with Crippen molar-refractivity contribution in [3.8, 4) is 0 Å². The van der Waals surface area contributed by atoms with E-state index in [1.165, 1.54) is 45.1 Å². The lowest BCUT2D eigenvalue weighted by Gasteiger charge is -2.60. The van der Waals surface area contributed by atoms with Gasteiger partial charge in [-0.05, 0) is 111 Å². The molecule has 0 bridgehead atoms. The van der Waals surface area contributed by atoms with Gasteiger partial charge in [0.25, 0.3) is 0 Å². The first kappa shape index (κ1) is 22.4. The van der Waals surface area contributed by atoms with Gasteiger partial charge in [0.05, 0.1) is 6.10 Å². The number of piperidine rings is 1. The average Bonchev–Trinajstić information content (AvgIpc) is 3.06. The van der Waals surface area contributed by atoms with Gasteiger partial charge in [-0.1, -0.05) is 27.7 Å². The van der Waals surface area contributed by atoms with E-state index in [0.717, 1.165) is 55.4 Å². The maximum atomic E-state index is 13.3. The molecule has 4 saturated carbocycles. The molecule has 0 radical (unpaired) electrons. The molecule has 1 aliphatic heterocycles. The molecule has 1 N–H and O–H groups in total. The van der Waals surface area contributed by atoms with Crippen LogP contribution in [0.1, 0.15) is 91.9 Å². The van der Waals surface area contributed by atoms with Crippen molar-refractivity contribution < 1.29 is 9.90 Å². The van der Waals surface area contributed by atoms with E-state index in [1.807, 2.05) is 0 Å². The van der Waals surface area contributed by atoms with Crippen molar-refractivity contribution >= 4 is 5.78 Å². The lowest BCUT2D eigenvalue weighted by atomic mass is 9.44. The fraction of sp³-hybridized carbons (Fsp3) is 0.964. The van der Waals surface area contributed by atoms with Gasteiger partial charge in [-0.25, -0.2) is 0 Å². The fourth-order valence-electron chi connectivity index (χ4n) is 10.3. The largest absolute Gasteiger partial charge is 0.393 e. The Kier molecular flexibility index (Phi) is 5.65. The number of ketones is 1. The second-order valence-electron chi connectivity index (χ2n) is 13.3. The number of carbonyl (C=O) groups excluding carboxylic acids is 1. The van der Waals surface area contributed by atoms with E-state index in [9.17, 15) is 9.90 Å². The Labute approximate surface area is 190 Å². The van der Waals surface area contributed by atoms with Crippen LogP contribution in [0.25, 0.3) is 0 Å². The van der Waals surface area contributed by atoms with E-state index in [4.69, 9.17) is 0 Å². The van der Waals surface area contributed by atoms with E-state index in [2.05, 4.69) is 39.6 Å². The van der Waals surface area contributed by atoms with Crippen LogP contribution in [-0.4, -0.2) is 41.5 Å². The number of nitrogens with zero attached hydrogens (tertiary/aromatic N) is 1. The van der Waals surface area contributed by atoms with E-state index < -0.39 is 0 Å². The Bertz CT molecular complexity index is 707. The highest BCUT2D eigenvalue weighted by atomic mass is 16.3. The number of likely N-dealkylation sites (tertiary alicyclic amines) is 1. The van der Waals surface area contributed by atoms with Gasteiger partial charge >= 0.3 is 0 Å². The summed E-state index contributed by atoms with van der Waals surface area (Å²) in [5, 5.41) is 10.3. The molecule has 31 heavy (non-hydrogen) atoms. The number of hydrogen-bond acceptors (Lipinski definition) is 3. The molecule has 0 spiro atoms. The second kappa shape index (κ2) is 7.83. The minimum absolute atomic E-state index is 0.121. The van der Waals surface area contributed by atoms with Crippen LogP contribution in [0, 0.1) is 52.3 Å². The van der Waals surface area contributed by atoms with Gasteiger partial charge in [0.1, 0.15) is 5.78 Å². The Morgan fingerprint density at radius 3 is 2.45 bits per heavy atom. The highest BCUT2D eigenvalue weighted by Crippen LogP contribution is 2.68. The van der Waals surface area contributed by atoms with Crippen LogP contribution in [0.3, 0.4) is 0 Å². The molecule has 5 fully saturated rings. The van der Waals surface area contributed by atoms with E-state index in [1.54, 1.807) is 0 Å². The highest BCUT2D eigenvalue weighted by molar-refractivity contribution is 5.83. The summed E-state index contributed by atoms with van der Waals surface area (Å²) in [6.45, 7) is 11.3. The van der Waals surface area contributed by atoms with Gasteiger partial charge in [0, 0.05) is 24.9 Å². The third kappa shape index (κ3) is 3.38. The first-order chi connectivity index (χ1) is 14.6. The topological polar surface area (TPSA) is 40.5 Å². The van der Waals surface area contributed by atoms with Crippen molar-refractivity contribution in [3.63, 3.8) is 0 Å².